The maximum absolute atomic E-state index is 10.9. The lowest BCUT2D eigenvalue weighted by atomic mass is 10.1. The van der Waals surface area contributed by atoms with Crippen LogP contribution in [0.3, 0.4) is 0 Å². The minimum Gasteiger partial charge on any atom is -0.464 e. The molecule has 0 spiro atoms. The summed E-state index contributed by atoms with van der Waals surface area (Å²) in [4.78, 5) is 12.9. The first kappa shape index (κ1) is 15.3. The predicted octanol–water partition coefficient (Wildman–Crippen LogP) is 0.269. The van der Waals surface area contributed by atoms with E-state index in [4.69, 9.17) is 14.6 Å². The first-order chi connectivity index (χ1) is 7.44. The van der Waals surface area contributed by atoms with Gasteiger partial charge >= 0.3 is 5.97 Å². The summed E-state index contributed by atoms with van der Waals surface area (Å²) in [7, 11) is 1.91. The van der Waals surface area contributed by atoms with Gasteiger partial charge in [0, 0.05) is 12.1 Å². The van der Waals surface area contributed by atoms with Crippen molar-refractivity contribution in [2.45, 2.75) is 26.3 Å². The van der Waals surface area contributed by atoms with Crippen molar-refractivity contribution >= 4 is 5.97 Å². The fraction of sp³-hybridized carbons (Fsp3) is 0.909. The van der Waals surface area contributed by atoms with E-state index in [1.54, 1.807) is 6.92 Å². The van der Waals surface area contributed by atoms with Crippen LogP contribution in [0.1, 0.15) is 20.8 Å². The summed E-state index contributed by atoms with van der Waals surface area (Å²) in [6, 6.07) is 0. The zero-order valence-corrected chi connectivity index (χ0v) is 10.7. The molecule has 0 unspecified atom stereocenters. The van der Waals surface area contributed by atoms with E-state index >= 15 is 0 Å². The lowest BCUT2D eigenvalue weighted by Crippen LogP contribution is -2.45. The monoisotopic (exact) mass is 233 g/mol. The van der Waals surface area contributed by atoms with Gasteiger partial charge in [0.05, 0.1) is 19.8 Å². The minimum absolute atomic E-state index is 0.0127. The molecule has 0 fully saturated rings. The van der Waals surface area contributed by atoms with Gasteiger partial charge in [-0.15, -0.1) is 0 Å². The first-order valence-electron chi connectivity index (χ1n) is 5.49. The summed E-state index contributed by atoms with van der Waals surface area (Å²) in [5, 5.41) is 9.12. The second kappa shape index (κ2) is 7.60. The molecule has 0 bridgehead atoms. The Balaban J connectivity index is 3.63. The van der Waals surface area contributed by atoms with Gasteiger partial charge in [0.15, 0.2) is 0 Å². The van der Waals surface area contributed by atoms with Crippen LogP contribution in [0, 0.1) is 0 Å². The van der Waals surface area contributed by atoms with Gasteiger partial charge in [-0.2, -0.15) is 0 Å². The number of rotatable bonds is 8. The highest BCUT2D eigenvalue weighted by molar-refractivity contribution is 5.70. The van der Waals surface area contributed by atoms with Gasteiger partial charge < -0.3 is 14.6 Å². The Labute approximate surface area is 97.3 Å². The first-order valence-corrected chi connectivity index (χ1v) is 5.49. The SMILES string of the molecule is CCOC(=O)COCCN(C)C(C)(C)CO. The van der Waals surface area contributed by atoms with E-state index in [0.717, 1.165) is 0 Å². The topological polar surface area (TPSA) is 59.0 Å². The van der Waals surface area contributed by atoms with Crippen molar-refractivity contribution in [1.29, 1.82) is 0 Å². The molecule has 0 rings (SSSR count). The molecule has 16 heavy (non-hydrogen) atoms. The van der Waals surface area contributed by atoms with E-state index in [0.29, 0.717) is 19.8 Å². The molecule has 1 N–H and O–H groups in total. The summed E-state index contributed by atoms with van der Waals surface area (Å²) in [6.45, 7) is 7.19. The molecule has 0 saturated heterocycles. The number of aliphatic hydroxyl groups is 1. The number of carbonyl (C=O) groups excluding carboxylic acids is 1. The summed E-state index contributed by atoms with van der Waals surface area (Å²) >= 11 is 0. The van der Waals surface area contributed by atoms with Crippen LogP contribution in [0.25, 0.3) is 0 Å². The van der Waals surface area contributed by atoms with Gasteiger partial charge in [-0.05, 0) is 27.8 Å². The van der Waals surface area contributed by atoms with E-state index in [9.17, 15) is 4.79 Å². The van der Waals surface area contributed by atoms with E-state index < -0.39 is 0 Å². The second-order valence-corrected chi connectivity index (χ2v) is 4.25. The van der Waals surface area contributed by atoms with Crippen LogP contribution in [0.5, 0.6) is 0 Å². The minimum atomic E-state index is -0.341. The zero-order chi connectivity index (χ0) is 12.6. The number of ether oxygens (including phenoxy) is 2. The summed E-state index contributed by atoms with van der Waals surface area (Å²) in [5.74, 6) is -0.341. The van der Waals surface area contributed by atoms with E-state index in [1.165, 1.54) is 0 Å². The normalized spacial score (nSPS) is 11.9. The van der Waals surface area contributed by atoms with Crippen molar-refractivity contribution < 1.29 is 19.4 Å². The Bertz CT molecular complexity index is 206. The van der Waals surface area contributed by atoms with Gasteiger partial charge in [-0.25, -0.2) is 4.79 Å². The zero-order valence-electron chi connectivity index (χ0n) is 10.7. The molecular weight excluding hydrogens is 210 g/mol. The fourth-order valence-corrected chi connectivity index (χ4v) is 0.983. The maximum Gasteiger partial charge on any atom is 0.332 e. The van der Waals surface area contributed by atoms with Crippen LogP contribution >= 0.6 is 0 Å². The molecule has 0 aliphatic carbocycles. The molecule has 0 heterocycles. The smallest absolute Gasteiger partial charge is 0.332 e. The van der Waals surface area contributed by atoms with Gasteiger partial charge in [0.2, 0.25) is 0 Å². The predicted molar refractivity (Wildman–Crippen MR) is 61.2 cm³/mol. The molecule has 5 nitrogen and oxygen atoms in total. The summed E-state index contributed by atoms with van der Waals surface area (Å²) in [6.07, 6.45) is 0. The molecule has 5 heteroatoms. The molecule has 0 aliphatic heterocycles. The third-order valence-electron chi connectivity index (χ3n) is 2.52. The molecule has 0 atom stereocenters. The van der Waals surface area contributed by atoms with Gasteiger partial charge in [0.1, 0.15) is 6.61 Å². The third-order valence-corrected chi connectivity index (χ3v) is 2.52. The lowest BCUT2D eigenvalue weighted by Gasteiger charge is -2.33. The number of carbonyl (C=O) groups is 1. The molecule has 0 aromatic carbocycles. The van der Waals surface area contributed by atoms with Gasteiger partial charge in [0.25, 0.3) is 0 Å². The number of likely N-dealkylation sites (N-methyl/N-ethyl adjacent to an activating group) is 1. The van der Waals surface area contributed by atoms with Crippen molar-refractivity contribution in [2.24, 2.45) is 0 Å². The Morgan fingerprint density at radius 3 is 2.56 bits per heavy atom. The molecule has 0 aliphatic rings. The molecule has 0 aromatic heterocycles. The number of hydrogen-bond acceptors (Lipinski definition) is 5. The molecular formula is C11H23NO4. The number of hydrogen-bond donors (Lipinski definition) is 1. The Kier molecular flexibility index (Phi) is 7.29. The van der Waals surface area contributed by atoms with Crippen LogP contribution in [0.2, 0.25) is 0 Å². The Morgan fingerprint density at radius 1 is 1.44 bits per heavy atom. The van der Waals surface area contributed by atoms with Crippen LogP contribution in [-0.2, 0) is 14.3 Å². The molecule has 0 aromatic rings. The lowest BCUT2D eigenvalue weighted by molar-refractivity contribution is -0.148. The fourth-order valence-electron chi connectivity index (χ4n) is 0.983. The molecule has 0 saturated carbocycles. The average molecular weight is 233 g/mol. The van der Waals surface area contributed by atoms with Crippen LogP contribution in [0.4, 0.5) is 0 Å². The van der Waals surface area contributed by atoms with Crippen molar-refractivity contribution in [3.8, 4) is 0 Å². The highest BCUT2D eigenvalue weighted by atomic mass is 16.6. The van der Waals surface area contributed by atoms with E-state index in [-0.39, 0.29) is 24.7 Å². The van der Waals surface area contributed by atoms with Gasteiger partial charge in [-0.3, -0.25) is 4.90 Å². The largest absolute Gasteiger partial charge is 0.464 e. The molecule has 0 radical (unpaired) electrons. The van der Waals surface area contributed by atoms with E-state index in [1.807, 2.05) is 25.8 Å². The van der Waals surface area contributed by atoms with Crippen molar-refractivity contribution in [3.63, 3.8) is 0 Å². The van der Waals surface area contributed by atoms with Gasteiger partial charge in [-0.1, -0.05) is 0 Å². The standard InChI is InChI=1S/C11H23NO4/c1-5-16-10(14)8-15-7-6-12(4)11(2,3)9-13/h13H,5-9H2,1-4H3. The average Bonchev–Trinajstić information content (AvgIpc) is 2.24. The number of esters is 1. The second-order valence-electron chi connectivity index (χ2n) is 4.25. The number of nitrogens with zero attached hydrogens (tertiary/aromatic N) is 1. The quantitative estimate of drug-likeness (QED) is 0.481. The highest BCUT2D eigenvalue weighted by Crippen LogP contribution is 2.09. The van der Waals surface area contributed by atoms with Crippen molar-refractivity contribution in [1.82, 2.24) is 4.90 Å². The van der Waals surface area contributed by atoms with Crippen molar-refractivity contribution in [2.75, 3.05) is 40.0 Å². The van der Waals surface area contributed by atoms with E-state index in [2.05, 4.69) is 0 Å². The maximum atomic E-state index is 10.9. The number of aliphatic hydroxyl groups excluding tert-OH is 1. The molecule has 0 amide bonds. The Morgan fingerprint density at radius 2 is 2.06 bits per heavy atom. The van der Waals surface area contributed by atoms with Crippen LogP contribution in [0.15, 0.2) is 0 Å². The van der Waals surface area contributed by atoms with Crippen LogP contribution in [-0.4, -0.2) is 61.5 Å². The third kappa shape index (κ3) is 6.05. The Hall–Kier alpha value is -0.650. The summed E-state index contributed by atoms with van der Waals surface area (Å²) < 4.78 is 9.88. The molecule has 96 valence electrons. The van der Waals surface area contributed by atoms with Crippen LogP contribution < -0.4 is 0 Å². The summed E-state index contributed by atoms with van der Waals surface area (Å²) in [5.41, 5.74) is -0.271. The van der Waals surface area contributed by atoms with Crippen molar-refractivity contribution in [3.05, 3.63) is 0 Å². The highest BCUT2D eigenvalue weighted by Gasteiger charge is 2.21.